The van der Waals surface area contributed by atoms with E-state index in [0.717, 1.165) is 16.7 Å². The maximum absolute atomic E-state index is 15.9. The molecular formula is C31H29FN2O4. The van der Waals surface area contributed by atoms with Crippen LogP contribution in [0.1, 0.15) is 23.6 Å². The summed E-state index contributed by atoms with van der Waals surface area (Å²) in [6.07, 6.45) is 0.144. The predicted molar refractivity (Wildman–Crippen MR) is 143 cm³/mol. The number of hydrogen-bond donors (Lipinski definition) is 1. The minimum Gasteiger partial charge on any atom is -0.491 e. The number of hydrogen-bond acceptors (Lipinski definition) is 6. The van der Waals surface area contributed by atoms with Gasteiger partial charge in [-0.1, -0.05) is 60.7 Å². The van der Waals surface area contributed by atoms with E-state index in [1.807, 2.05) is 72.5 Å². The Morgan fingerprint density at radius 1 is 0.974 bits per heavy atom. The van der Waals surface area contributed by atoms with E-state index < -0.39 is 6.10 Å². The average molecular weight is 513 g/mol. The second-order valence-electron chi connectivity index (χ2n) is 9.67. The number of ether oxygens (including phenoxy) is 3. The molecule has 0 radical (unpaired) electrons. The third-order valence-electron chi connectivity index (χ3n) is 7.20. The summed E-state index contributed by atoms with van der Waals surface area (Å²) in [4.78, 5) is 6.64. The molecule has 38 heavy (non-hydrogen) atoms. The lowest BCUT2D eigenvalue weighted by Crippen LogP contribution is -2.58. The SMILES string of the molecule is C[C@@H]1[C@H](O)CN1c1cc(F)c(-c2ccc(OCc3ccccc3)nc2OCc2ccccc2)c2c1OCC2. The van der Waals surface area contributed by atoms with Gasteiger partial charge in [-0.3, -0.25) is 0 Å². The normalized spacial score (nSPS) is 17.9. The van der Waals surface area contributed by atoms with Gasteiger partial charge in [-0.2, -0.15) is 4.98 Å². The molecule has 6 rings (SSSR count). The van der Waals surface area contributed by atoms with Crippen molar-refractivity contribution in [1.82, 2.24) is 4.98 Å². The number of aromatic nitrogens is 1. The van der Waals surface area contributed by atoms with E-state index in [4.69, 9.17) is 14.2 Å². The first-order valence-electron chi connectivity index (χ1n) is 12.9. The monoisotopic (exact) mass is 512 g/mol. The van der Waals surface area contributed by atoms with E-state index in [2.05, 4.69) is 4.98 Å². The zero-order valence-electron chi connectivity index (χ0n) is 21.1. The summed E-state index contributed by atoms with van der Waals surface area (Å²) < 4.78 is 34.0. The Balaban J connectivity index is 1.37. The third-order valence-corrected chi connectivity index (χ3v) is 7.20. The molecule has 0 unspecified atom stereocenters. The molecule has 0 aliphatic carbocycles. The van der Waals surface area contributed by atoms with Gasteiger partial charge in [-0.05, 0) is 24.1 Å². The summed E-state index contributed by atoms with van der Waals surface area (Å²) in [6, 6.07) is 24.6. The Morgan fingerprint density at radius 3 is 2.32 bits per heavy atom. The highest BCUT2D eigenvalue weighted by molar-refractivity contribution is 5.81. The average Bonchev–Trinajstić information content (AvgIpc) is 3.44. The highest BCUT2D eigenvalue weighted by Gasteiger charge is 2.38. The summed E-state index contributed by atoms with van der Waals surface area (Å²) in [5.41, 5.74) is 4.45. The van der Waals surface area contributed by atoms with Crippen molar-refractivity contribution in [2.45, 2.75) is 38.7 Å². The molecule has 0 saturated carbocycles. The van der Waals surface area contributed by atoms with Gasteiger partial charge >= 0.3 is 0 Å². The number of aliphatic hydroxyl groups is 1. The van der Waals surface area contributed by atoms with Crippen molar-refractivity contribution >= 4 is 5.69 Å². The number of rotatable bonds is 8. The summed E-state index contributed by atoms with van der Waals surface area (Å²) >= 11 is 0. The molecule has 7 heteroatoms. The fourth-order valence-corrected chi connectivity index (χ4v) is 5.00. The minimum atomic E-state index is -0.430. The van der Waals surface area contributed by atoms with Crippen LogP contribution < -0.4 is 19.1 Å². The van der Waals surface area contributed by atoms with Crippen molar-refractivity contribution in [3.05, 3.63) is 101 Å². The summed E-state index contributed by atoms with van der Waals surface area (Å²) in [5.74, 6) is 0.989. The van der Waals surface area contributed by atoms with Gasteiger partial charge in [-0.25, -0.2) is 4.39 Å². The molecule has 6 nitrogen and oxygen atoms in total. The largest absolute Gasteiger partial charge is 0.491 e. The molecule has 194 valence electrons. The Bertz CT molecular complexity index is 1430. The van der Waals surface area contributed by atoms with Crippen LogP contribution in [0, 0.1) is 5.82 Å². The summed E-state index contributed by atoms with van der Waals surface area (Å²) in [6.45, 7) is 3.49. The van der Waals surface area contributed by atoms with Gasteiger partial charge in [0.2, 0.25) is 11.8 Å². The number of benzene rings is 3. The first-order chi connectivity index (χ1) is 18.6. The van der Waals surface area contributed by atoms with Gasteiger partial charge in [0.05, 0.1) is 24.4 Å². The van der Waals surface area contributed by atoms with Crippen molar-refractivity contribution in [2.24, 2.45) is 0 Å². The van der Waals surface area contributed by atoms with Crippen LogP contribution in [0.15, 0.2) is 78.9 Å². The van der Waals surface area contributed by atoms with E-state index in [-0.39, 0.29) is 18.5 Å². The number of halogens is 1. The fourth-order valence-electron chi connectivity index (χ4n) is 5.00. The number of nitrogens with zero attached hydrogens (tertiary/aromatic N) is 2. The first-order valence-corrected chi connectivity index (χ1v) is 12.9. The van der Waals surface area contributed by atoms with Crippen molar-refractivity contribution in [3.63, 3.8) is 0 Å². The van der Waals surface area contributed by atoms with Crippen LogP contribution >= 0.6 is 0 Å². The maximum Gasteiger partial charge on any atom is 0.225 e. The van der Waals surface area contributed by atoms with E-state index in [9.17, 15) is 5.11 Å². The molecule has 0 spiro atoms. The van der Waals surface area contributed by atoms with Crippen molar-refractivity contribution < 1.29 is 23.7 Å². The number of β-amino-alcohol motifs (C(OH)–C–C–N with tert-alkyl or cyclic N) is 1. The van der Waals surface area contributed by atoms with E-state index in [1.165, 1.54) is 6.07 Å². The smallest absolute Gasteiger partial charge is 0.225 e. The second-order valence-corrected chi connectivity index (χ2v) is 9.67. The van der Waals surface area contributed by atoms with Gasteiger partial charge in [-0.15, -0.1) is 0 Å². The molecule has 1 aromatic heterocycles. The van der Waals surface area contributed by atoms with Crippen LogP contribution in [-0.4, -0.2) is 35.4 Å². The van der Waals surface area contributed by atoms with Gasteiger partial charge in [0.15, 0.2) is 0 Å². The predicted octanol–water partition coefficient (Wildman–Crippen LogP) is 5.55. The van der Waals surface area contributed by atoms with Crippen LogP contribution in [-0.2, 0) is 19.6 Å². The molecule has 0 bridgehead atoms. The highest BCUT2D eigenvalue weighted by Crippen LogP contribution is 2.47. The Hall–Kier alpha value is -4.10. The molecule has 2 aliphatic rings. The van der Waals surface area contributed by atoms with Crippen LogP contribution in [0.4, 0.5) is 10.1 Å². The molecule has 1 fully saturated rings. The molecule has 0 amide bonds. The topological polar surface area (TPSA) is 64.1 Å². The lowest BCUT2D eigenvalue weighted by atomic mass is 9.94. The standard InChI is InChI=1S/C31H29FN2O4/c1-20-27(35)17-34(20)26-16-25(32)29(23-14-15-36-30(23)26)24-12-13-28(37-18-21-8-4-2-5-9-21)33-31(24)38-19-22-10-6-3-7-11-22/h2-13,16,20,27,35H,14-15,17-19H2,1H3/t20-,27-/m1/s1. The Kier molecular flexibility index (Phi) is 6.60. The second kappa shape index (κ2) is 10.3. The molecule has 2 aliphatic heterocycles. The zero-order chi connectivity index (χ0) is 26.1. The molecule has 4 aromatic rings. The van der Waals surface area contributed by atoms with Gasteiger partial charge in [0.1, 0.15) is 24.8 Å². The molecule has 1 N–H and O–H groups in total. The van der Waals surface area contributed by atoms with Gasteiger partial charge in [0, 0.05) is 41.8 Å². The third kappa shape index (κ3) is 4.65. The fraction of sp³-hybridized carbons (Fsp3) is 0.258. The molecule has 1 saturated heterocycles. The van der Waals surface area contributed by atoms with Gasteiger partial charge in [0.25, 0.3) is 0 Å². The van der Waals surface area contributed by atoms with Gasteiger partial charge < -0.3 is 24.2 Å². The van der Waals surface area contributed by atoms with Crippen molar-refractivity contribution in [1.29, 1.82) is 0 Å². The quantitative estimate of drug-likeness (QED) is 0.334. The molecule has 3 aromatic carbocycles. The van der Waals surface area contributed by atoms with Crippen LogP contribution in [0.25, 0.3) is 11.1 Å². The summed E-state index contributed by atoms with van der Waals surface area (Å²) in [7, 11) is 0. The Morgan fingerprint density at radius 2 is 1.66 bits per heavy atom. The van der Waals surface area contributed by atoms with E-state index in [0.29, 0.717) is 60.5 Å². The highest BCUT2D eigenvalue weighted by atomic mass is 19.1. The van der Waals surface area contributed by atoms with Crippen molar-refractivity contribution in [2.75, 3.05) is 18.1 Å². The maximum atomic E-state index is 15.9. The lowest BCUT2D eigenvalue weighted by Gasteiger charge is -2.45. The molecule has 2 atom stereocenters. The molecular weight excluding hydrogens is 483 g/mol. The number of anilines is 1. The molecule has 3 heterocycles. The van der Waals surface area contributed by atoms with Crippen molar-refractivity contribution in [3.8, 4) is 28.6 Å². The lowest BCUT2D eigenvalue weighted by molar-refractivity contribution is 0.0989. The number of aliphatic hydroxyl groups excluding tert-OH is 1. The minimum absolute atomic E-state index is 0.0963. The summed E-state index contributed by atoms with van der Waals surface area (Å²) in [5, 5.41) is 10.0. The van der Waals surface area contributed by atoms with Crippen LogP contribution in [0.2, 0.25) is 0 Å². The zero-order valence-corrected chi connectivity index (χ0v) is 21.1. The number of fused-ring (bicyclic) bond motifs is 1. The van der Waals surface area contributed by atoms with E-state index >= 15 is 4.39 Å². The van der Waals surface area contributed by atoms with Crippen LogP contribution in [0.3, 0.4) is 0 Å². The van der Waals surface area contributed by atoms with E-state index in [1.54, 1.807) is 12.1 Å². The number of pyridine rings is 1. The Labute approximate surface area is 221 Å². The van der Waals surface area contributed by atoms with Crippen LogP contribution in [0.5, 0.6) is 17.5 Å². The first kappa shape index (κ1) is 24.2.